The number of rotatable bonds is 6. The van der Waals surface area contributed by atoms with Gasteiger partial charge in [0.2, 0.25) is 0 Å². The second-order valence-electron chi connectivity index (χ2n) is 5.00. The number of nitrogens with one attached hydrogen (secondary N) is 1. The zero-order valence-corrected chi connectivity index (χ0v) is 14.3. The Balaban J connectivity index is 2.51. The van der Waals surface area contributed by atoms with Crippen LogP contribution in [-0.4, -0.2) is 20.3 Å². The molecule has 0 radical (unpaired) electrons. The Bertz CT molecular complexity index is 608. The van der Waals surface area contributed by atoms with Crippen LogP contribution in [0.5, 0.6) is 11.5 Å². The van der Waals surface area contributed by atoms with Crippen molar-refractivity contribution in [2.24, 2.45) is 0 Å². The Morgan fingerprint density at radius 2 is 1.86 bits per heavy atom. The molecule has 114 valence electrons. The number of ether oxygens (including phenoxy) is 2. The SMILES string of the molecule is COc1cc(CNC(C)C)c(-c2occc2Br)cc1OC. The van der Waals surface area contributed by atoms with Gasteiger partial charge in [0.05, 0.1) is 25.0 Å². The van der Waals surface area contributed by atoms with E-state index in [9.17, 15) is 0 Å². The Morgan fingerprint density at radius 1 is 1.19 bits per heavy atom. The van der Waals surface area contributed by atoms with Gasteiger partial charge in [-0.05, 0) is 39.7 Å². The van der Waals surface area contributed by atoms with Crippen molar-refractivity contribution in [1.82, 2.24) is 5.32 Å². The smallest absolute Gasteiger partial charge is 0.161 e. The minimum Gasteiger partial charge on any atom is -0.493 e. The van der Waals surface area contributed by atoms with E-state index in [1.165, 1.54) is 0 Å². The van der Waals surface area contributed by atoms with Crippen molar-refractivity contribution in [2.45, 2.75) is 26.4 Å². The van der Waals surface area contributed by atoms with Crippen LogP contribution >= 0.6 is 15.9 Å². The highest BCUT2D eigenvalue weighted by Gasteiger charge is 2.17. The van der Waals surface area contributed by atoms with Crippen LogP contribution in [0.2, 0.25) is 0 Å². The third-order valence-electron chi connectivity index (χ3n) is 3.17. The second-order valence-corrected chi connectivity index (χ2v) is 5.85. The van der Waals surface area contributed by atoms with Crippen molar-refractivity contribution in [3.8, 4) is 22.8 Å². The molecule has 0 aliphatic carbocycles. The third kappa shape index (κ3) is 3.60. The fraction of sp³-hybridized carbons (Fsp3) is 0.375. The molecule has 0 aliphatic heterocycles. The summed E-state index contributed by atoms with van der Waals surface area (Å²) in [5.74, 6) is 2.19. The number of halogens is 1. The number of hydrogen-bond acceptors (Lipinski definition) is 4. The molecular weight excluding hydrogens is 334 g/mol. The summed E-state index contributed by atoms with van der Waals surface area (Å²) >= 11 is 3.51. The standard InChI is InChI=1S/C16H20BrNO3/c1-10(2)18-9-11-7-14(19-3)15(20-4)8-12(11)16-13(17)5-6-21-16/h5-8,10,18H,9H2,1-4H3. The van der Waals surface area contributed by atoms with E-state index in [1.54, 1.807) is 20.5 Å². The highest BCUT2D eigenvalue weighted by atomic mass is 79.9. The van der Waals surface area contributed by atoms with E-state index in [4.69, 9.17) is 13.9 Å². The number of benzene rings is 1. The van der Waals surface area contributed by atoms with Gasteiger partial charge in [-0.25, -0.2) is 0 Å². The monoisotopic (exact) mass is 353 g/mol. The van der Waals surface area contributed by atoms with Crippen LogP contribution in [0.4, 0.5) is 0 Å². The summed E-state index contributed by atoms with van der Waals surface area (Å²) in [4.78, 5) is 0. The molecule has 1 heterocycles. The van der Waals surface area contributed by atoms with Gasteiger partial charge in [0.1, 0.15) is 5.76 Å². The molecule has 0 aliphatic rings. The lowest BCUT2D eigenvalue weighted by Gasteiger charge is -2.16. The van der Waals surface area contributed by atoms with Crippen molar-refractivity contribution >= 4 is 15.9 Å². The summed E-state index contributed by atoms with van der Waals surface area (Å²) in [5, 5.41) is 3.42. The second kappa shape index (κ2) is 7.00. The molecule has 2 aromatic rings. The molecule has 1 aromatic heterocycles. The van der Waals surface area contributed by atoms with E-state index in [-0.39, 0.29) is 0 Å². The minimum atomic E-state index is 0.394. The van der Waals surface area contributed by atoms with Gasteiger partial charge in [-0.15, -0.1) is 0 Å². The van der Waals surface area contributed by atoms with Crippen LogP contribution in [0, 0.1) is 0 Å². The highest BCUT2D eigenvalue weighted by molar-refractivity contribution is 9.10. The molecule has 5 heteroatoms. The van der Waals surface area contributed by atoms with E-state index < -0.39 is 0 Å². The number of hydrogen-bond donors (Lipinski definition) is 1. The van der Waals surface area contributed by atoms with Gasteiger partial charge in [-0.1, -0.05) is 13.8 Å². The molecule has 0 unspecified atom stereocenters. The maximum absolute atomic E-state index is 5.60. The zero-order valence-electron chi connectivity index (χ0n) is 12.7. The fourth-order valence-corrected chi connectivity index (χ4v) is 2.49. The van der Waals surface area contributed by atoms with Crippen LogP contribution in [0.25, 0.3) is 11.3 Å². The topological polar surface area (TPSA) is 43.6 Å². The predicted molar refractivity (Wildman–Crippen MR) is 86.9 cm³/mol. The van der Waals surface area contributed by atoms with Crippen molar-refractivity contribution in [3.05, 3.63) is 34.5 Å². The summed E-state index contributed by atoms with van der Waals surface area (Å²) in [6, 6.07) is 6.20. The molecule has 0 saturated heterocycles. The molecular formula is C16H20BrNO3. The first-order valence-electron chi connectivity index (χ1n) is 6.78. The van der Waals surface area contributed by atoms with Gasteiger partial charge in [0.25, 0.3) is 0 Å². The Labute approximate surface area is 133 Å². The lowest BCUT2D eigenvalue weighted by atomic mass is 10.0. The first-order chi connectivity index (χ1) is 10.1. The van der Waals surface area contributed by atoms with Crippen LogP contribution < -0.4 is 14.8 Å². The zero-order chi connectivity index (χ0) is 15.4. The van der Waals surface area contributed by atoms with Crippen LogP contribution in [-0.2, 0) is 6.54 Å². The summed E-state index contributed by atoms with van der Waals surface area (Å²) in [6.07, 6.45) is 1.66. The summed E-state index contributed by atoms with van der Waals surface area (Å²) in [7, 11) is 3.27. The Hall–Kier alpha value is -1.46. The number of furan rings is 1. The first kappa shape index (κ1) is 15.9. The number of methoxy groups -OCH3 is 2. The van der Waals surface area contributed by atoms with E-state index in [0.29, 0.717) is 17.5 Å². The van der Waals surface area contributed by atoms with Gasteiger partial charge in [-0.2, -0.15) is 0 Å². The predicted octanol–water partition coefficient (Wildman–Crippen LogP) is 4.22. The quantitative estimate of drug-likeness (QED) is 0.843. The highest BCUT2D eigenvalue weighted by Crippen LogP contribution is 2.38. The Morgan fingerprint density at radius 3 is 2.38 bits per heavy atom. The maximum Gasteiger partial charge on any atom is 0.161 e. The summed E-state index contributed by atoms with van der Waals surface area (Å²) < 4.78 is 17.3. The summed E-state index contributed by atoms with van der Waals surface area (Å²) in [5.41, 5.74) is 2.08. The largest absolute Gasteiger partial charge is 0.493 e. The molecule has 0 fully saturated rings. The van der Waals surface area contributed by atoms with E-state index in [2.05, 4.69) is 35.1 Å². The molecule has 4 nitrogen and oxygen atoms in total. The molecule has 0 spiro atoms. The summed E-state index contributed by atoms with van der Waals surface area (Å²) in [6.45, 7) is 4.95. The van der Waals surface area contributed by atoms with Crippen LogP contribution in [0.1, 0.15) is 19.4 Å². The average Bonchev–Trinajstić information content (AvgIpc) is 2.90. The van der Waals surface area contributed by atoms with Gasteiger partial charge in [-0.3, -0.25) is 0 Å². The molecule has 2 rings (SSSR count). The third-order valence-corrected chi connectivity index (χ3v) is 3.80. The van der Waals surface area contributed by atoms with E-state index >= 15 is 0 Å². The molecule has 0 bridgehead atoms. The van der Waals surface area contributed by atoms with Crippen molar-refractivity contribution in [2.75, 3.05) is 14.2 Å². The average molecular weight is 354 g/mol. The fourth-order valence-electron chi connectivity index (χ4n) is 2.08. The lowest BCUT2D eigenvalue weighted by molar-refractivity contribution is 0.354. The van der Waals surface area contributed by atoms with Crippen molar-refractivity contribution in [1.29, 1.82) is 0 Å². The molecule has 21 heavy (non-hydrogen) atoms. The normalized spacial score (nSPS) is 11.0. The molecule has 1 aromatic carbocycles. The van der Waals surface area contributed by atoms with Crippen molar-refractivity contribution < 1.29 is 13.9 Å². The van der Waals surface area contributed by atoms with E-state index in [0.717, 1.165) is 27.9 Å². The molecule has 0 saturated carbocycles. The minimum absolute atomic E-state index is 0.394. The maximum atomic E-state index is 5.60. The van der Waals surface area contributed by atoms with Gasteiger partial charge >= 0.3 is 0 Å². The Kier molecular flexibility index (Phi) is 5.31. The molecule has 0 atom stereocenters. The van der Waals surface area contributed by atoms with Gasteiger partial charge in [0, 0.05) is 18.2 Å². The molecule has 0 amide bonds. The molecule has 1 N–H and O–H groups in total. The van der Waals surface area contributed by atoms with E-state index in [1.807, 2.05) is 18.2 Å². The first-order valence-corrected chi connectivity index (χ1v) is 7.57. The van der Waals surface area contributed by atoms with Gasteiger partial charge in [0.15, 0.2) is 11.5 Å². The van der Waals surface area contributed by atoms with Crippen LogP contribution in [0.15, 0.2) is 33.4 Å². The lowest BCUT2D eigenvalue weighted by Crippen LogP contribution is -2.22. The van der Waals surface area contributed by atoms with Crippen LogP contribution in [0.3, 0.4) is 0 Å². The van der Waals surface area contributed by atoms with Crippen molar-refractivity contribution in [3.63, 3.8) is 0 Å². The van der Waals surface area contributed by atoms with Gasteiger partial charge < -0.3 is 19.2 Å².